The molecule has 0 aromatic heterocycles. The van der Waals surface area contributed by atoms with Gasteiger partial charge in [-0.2, -0.15) is 0 Å². The van der Waals surface area contributed by atoms with Crippen LogP contribution >= 0.6 is 0 Å². The van der Waals surface area contributed by atoms with Crippen LogP contribution < -0.4 is 9.47 Å². The second kappa shape index (κ2) is 6.55. The number of hydrogen-bond donors (Lipinski definition) is 0. The van der Waals surface area contributed by atoms with Crippen LogP contribution in [0.25, 0.3) is 0 Å². The Bertz CT molecular complexity index is 769. The highest BCUT2D eigenvalue weighted by atomic mass is 16.6. The fraction of sp³-hybridized carbons (Fsp3) is 0.682. The van der Waals surface area contributed by atoms with Gasteiger partial charge < -0.3 is 23.8 Å². The van der Waals surface area contributed by atoms with Crippen LogP contribution in [0.3, 0.4) is 0 Å². The highest BCUT2D eigenvalue weighted by Crippen LogP contribution is 2.54. The summed E-state index contributed by atoms with van der Waals surface area (Å²) in [5.74, 6) is 1.64. The molecule has 0 radical (unpaired) electrons. The number of likely N-dealkylation sites (tertiary alicyclic amines) is 1. The molecule has 2 fully saturated rings. The number of nitrogens with zero attached hydrogens (tertiary/aromatic N) is 1. The van der Waals surface area contributed by atoms with Gasteiger partial charge in [-0.25, -0.2) is 4.79 Å². The Morgan fingerprint density at radius 1 is 1.29 bits per heavy atom. The molecule has 4 rings (SSSR count). The average Bonchev–Trinajstić information content (AvgIpc) is 3.01. The molecule has 3 aliphatic rings. The van der Waals surface area contributed by atoms with Gasteiger partial charge in [0.1, 0.15) is 11.2 Å². The molecule has 0 saturated carbocycles. The van der Waals surface area contributed by atoms with E-state index < -0.39 is 11.2 Å². The van der Waals surface area contributed by atoms with Crippen LogP contribution in [-0.4, -0.2) is 48.0 Å². The highest BCUT2D eigenvalue weighted by molar-refractivity contribution is 5.69. The topological polar surface area (TPSA) is 57.2 Å². The van der Waals surface area contributed by atoms with Gasteiger partial charge in [-0.1, -0.05) is 12.1 Å². The SMILES string of the molecule is COc1cccc2c1OC(C)(C)[C@@H]1C[C@H]3[C@@H](CCN3C(=O)OC(C)(C)C)O[C@@H]21. The minimum absolute atomic E-state index is 0.0155. The normalized spacial score (nSPS) is 30.6. The Balaban J connectivity index is 1.62. The Kier molecular flexibility index (Phi) is 4.53. The Hall–Kier alpha value is -1.95. The van der Waals surface area contributed by atoms with Crippen molar-refractivity contribution in [3.05, 3.63) is 23.8 Å². The van der Waals surface area contributed by atoms with E-state index in [1.54, 1.807) is 7.11 Å². The molecule has 1 amide bonds. The third-order valence-corrected chi connectivity index (χ3v) is 6.09. The second-order valence-electron chi connectivity index (χ2n) is 9.55. The molecule has 0 unspecified atom stereocenters. The first-order valence-corrected chi connectivity index (χ1v) is 10.1. The van der Waals surface area contributed by atoms with Gasteiger partial charge in [0.25, 0.3) is 0 Å². The van der Waals surface area contributed by atoms with Gasteiger partial charge in [0, 0.05) is 18.0 Å². The summed E-state index contributed by atoms with van der Waals surface area (Å²) in [5, 5.41) is 0. The first-order chi connectivity index (χ1) is 13.1. The van der Waals surface area contributed by atoms with Gasteiger partial charge in [-0.3, -0.25) is 0 Å². The predicted octanol–water partition coefficient (Wildman–Crippen LogP) is 4.32. The Morgan fingerprint density at radius 3 is 2.71 bits per heavy atom. The molecule has 28 heavy (non-hydrogen) atoms. The molecule has 0 N–H and O–H groups in total. The molecule has 2 saturated heterocycles. The zero-order chi connectivity index (χ0) is 20.3. The van der Waals surface area contributed by atoms with Gasteiger partial charge in [-0.15, -0.1) is 0 Å². The van der Waals surface area contributed by atoms with E-state index in [0.717, 1.165) is 29.9 Å². The van der Waals surface area contributed by atoms with Gasteiger partial charge in [0.2, 0.25) is 0 Å². The molecular weight excluding hydrogens is 358 g/mol. The van der Waals surface area contributed by atoms with Gasteiger partial charge in [0.05, 0.1) is 25.4 Å². The molecule has 6 heteroatoms. The molecule has 3 heterocycles. The first-order valence-electron chi connectivity index (χ1n) is 10.1. The van der Waals surface area contributed by atoms with Crippen molar-refractivity contribution in [3.8, 4) is 11.5 Å². The monoisotopic (exact) mass is 389 g/mol. The van der Waals surface area contributed by atoms with Crippen LogP contribution in [0.5, 0.6) is 11.5 Å². The van der Waals surface area contributed by atoms with Crippen LogP contribution in [0.4, 0.5) is 4.79 Å². The number of fused-ring (bicyclic) bond motifs is 4. The maximum absolute atomic E-state index is 12.7. The number of carbonyl (C=O) groups excluding carboxylic acids is 1. The molecule has 154 valence electrons. The molecular formula is C22H31NO5. The third kappa shape index (κ3) is 3.21. The summed E-state index contributed by atoms with van der Waals surface area (Å²) in [6.45, 7) is 10.5. The number of carbonyl (C=O) groups is 1. The van der Waals surface area contributed by atoms with Crippen molar-refractivity contribution < 1.29 is 23.7 Å². The van der Waals surface area contributed by atoms with E-state index in [-0.39, 0.29) is 30.3 Å². The standard InChI is InChI=1S/C22H31NO5/c1-21(2,3)28-20(24)23-11-10-16-15(23)12-14-18(26-16)13-8-7-9-17(25-6)19(13)27-22(14,4)5/h7-9,14-16,18H,10-12H2,1-6H3/t14-,15+,16-,18+/m1/s1. The predicted molar refractivity (Wildman–Crippen MR) is 105 cm³/mol. The minimum Gasteiger partial charge on any atom is -0.493 e. The van der Waals surface area contributed by atoms with E-state index in [0.29, 0.717) is 6.54 Å². The van der Waals surface area contributed by atoms with Crippen molar-refractivity contribution in [1.82, 2.24) is 4.90 Å². The van der Waals surface area contributed by atoms with Crippen molar-refractivity contribution in [2.45, 2.75) is 76.9 Å². The van der Waals surface area contributed by atoms with Crippen LogP contribution in [-0.2, 0) is 9.47 Å². The van der Waals surface area contributed by atoms with E-state index in [1.165, 1.54) is 0 Å². The van der Waals surface area contributed by atoms with Crippen molar-refractivity contribution in [2.24, 2.45) is 5.92 Å². The Morgan fingerprint density at radius 2 is 2.04 bits per heavy atom. The lowest BCUT2D eigenvalue weighted by Crippen LogP contribution is -2.55. The summed E-state index contributed by atoms with van der Waals surface area (Å²) in [6.07, 6.45) is 1.36. The van der Waals surface area contributed by atoms with Crippen molar-refractivity contribution in [3.63, 3.8) is 0 Å². The molecule has 3 aliphatic heterocycles. The van der Waals surface area contributed by atoms with E-state index in [1.807, 2.05) is 37.8 Å². The Labute approximate surface area is 167 Å². The number of amides is 1. The van der Waals surface area contributed by atoms with Gasteiger partial charge in [0.15, 0.2) is 11.5 Å². The number of benzene rings is 1. The van der Waals surface area contributed by atoms with Crippen LogP contribution in [0.2, 0.25) is 0 Å². The van der Waals surface area contributed by atoms with E-state index in [2.05, 4.69) is 19.9 Å². The van der Waals surface area contributed by atoms with Crippen molar-refractivity contribution in [1.29, 1.82) is 0 Å². The molecule has 1 aromatic rings. The smallest absolute Gasteiger partial charge is 0.410 e. The molecule has 6 nitrogen and oxygen atoms in total. The summed E-state index contributed by atoms with van der Waals surface area (Å²) < 4.78 is 24.1. The number of methoxy groups -OCH3 is 1. The molecule has 1 aromatic carbocycles. The van der Waals surface area contributed by atoms with E-state index >= 15 is 0 Å². The summed E-state index contributed by atoms with van der Waals surface area (Å²) >= 11 is 0. The van der Waals surface area contributed by atoms with E-state index in [9.17, 15) is 4.79 Å². The first kappa shape index (κ1) is 19.4. The lowest BCUT2D eigenvalue weighted by atomic mass is 9.74. The minimum atomic E-state index is -0.504. The van der Waals surface area contributed by atoms with Gasteiger partial charge in [-0.05, 0) is 53.5 Å². The third-order valence-electron chi connectivity index (χ3n) is 6.09. The zero-order valence-corrected chi connectivity index (χ0v) is 17.7. The van der Waals surface area contributed by atoms with Crippen molar-refractivity contribution in [2.75, 3.05) is 13.7 Å². The van der Waals surface area contributed by atoms with E-state index in [4.69, 9.17) is 18.9 Å². The number of rotatable bonds is 1. The fourth-order valence-corrected chi connectivity index (χ4v) is 4.78. The fourth-order valence-electron chi connectivity index (χ4n) is 4.78. The number of hydrogen-bond acceptors (Lipinski definition) is 5. The van der Waals surface area contributed by atoms with Crippen LogP contribution in [0.1, 0.15) is 59.1 Å². The molecule has 0 spiro atoms. The lowest BCUT2D eigenvalue weighted by Gasteiger charge is -2.50. The largest absolute Gasteiger partial charge is 0.493 e. The molecule has 0 aliphatic carbocycles. The lowest BCUT2D eigenvalue weighted by molar-refractivity contribution is -0.161. The van der Waals surface area contributed by atoms with Crippen LogP contribution in [0.15, 0.2) is 18.2 Å². The second-order valence-corrected chi connectivity index (χ2v) is 9.55. The highest BCUT2D eigenvalue weighted by Gasteiger charge is 2.54. The summed E-state index contributed by atoms with van der Waals surface area (Å²) in [5.41, 5.74) is 0.105. The summed E-state index contributed by atoms with van der Waals surface area (Å²) in [4.78, 5) is 14.6. The number of para-hydroxylation sites is 1. The molecule has 0 bridgehead atoms. The summed E-state index contributed by atoms with van der Waals surface area (Å²) in [7, 11) is 1.66. The van der Waals surface area contributed by atoms with Crippen molar-refractivity contribution >= 4 is 6.09 Å². The zero-order valence-electron chi connectivity index (χ0n) is 17.7. The average molecular weight is 389 g/mol. The number of ether oxygens (including phenoxy) is 4. The quantitative estimate of drug-likeness (QED) is 0.716. The maximum atomic E-state index is 12.7. The molecule has 4 atom stereocenters. The maximum Gasteiger partial charge on any atom is 0.410 e. The van der Waals surface area contributed by atoms with Gasteiger partial charge >= 0.3 is 6.09 Å². The van der Waals surface area contributed by atoms with Crippen LogP contribution in [0, 0.1) is 5.92 Å². The summed E-state index contributed by atoms with van der Waals surface area (Å²) in [6, 6.07) is 5.98.